The van der Waals surface area contributed by atoms with Crippen LogP contribution in [0.25, 0.3) is 11.8 Å². The monoisotopic (exact) mass is 426 g/mol. The van der Waals surface area contributed by atoms with E-state index in [0.29, 0.717) is 5.71 Å². The Kier molecular flexibility index (Phi) is 5.49. The lowest BCUT2D eigenvalue weighted by molar-refractivity contribution is 0.0454. The summed E-state index contributed by atoms with van der Waals surface area (Å²) >= 11 is 0. The van der Waals surface area contributed by atoms with E-state index in [1.807, 2.05) is 19.9 Å². The highest BCUT2D eigenvalue weighted by molar-refractivity contribution is 5.99. The van der Waals surface area contributed by atoms with Crippen molar-refractivity contribution < 1.29 is 0 Å². The van der Waals surface area contributed by atoms with Crippen molar-refractivity contribution in [1.29, 1.82) is 5.41 Å². The van der Waals surface area contributed by atoms with Gasteiger partial charge in [0.15, 0.2) is 5.66 Å². The van der Waals surface area contributed by atoms with Gasteiger partial charge in [-0.15, -0.1) is 0 Å². The van der Waals surface area contributed by atoms with E-state index in [2.05, 4.69) is 90.8 Å². The molecule has 1 aromatic carbocycles. The second-order valence-electron chi connectivity index (χ2n) is 8.89. The molecule has 2 aliphatic heterocycles. The van der Waals surface area contributed by atoms with Gasteiger partial charge in [-0.2, -0.15) is 0 Å². The SMILES string of the molecule is C=C(/C(=C/C)C(C)=N)N1CCN2C(=C)c3cc(C)c(/C=C\C)n3CC12c1ccc(C)cc1. The molecule has 4 rings (SSSR count). The molecule has 1 fully saturated rings. The maximum atomic E-state index is 8.32. The number of nitrogens with zero attached hydrogens (tertiary/aromatic N) is 3. The van der Waals surface area contributed by atoms with Gasteiger partial charge < -0.3 is 19.8 Å². The zero-order chi connectivity index (χ0) is 23.2. The van der Waals surface area contributed by atoms with Crippen molar-refractivity contribution in [3.05, 3.63) is 95.0 Å². The van der Waals surface area contributed by atoms with Crippen LogP contribution in [-0.4, -0.2) is 33.2 Å². The van der Waals surface area contributed by atoms with Crippen LogP contribution < -0.4 is 0 Å². The number of nitrogens with one attached hydrogen (secondary N) is 1. The van der Waals surface area contributed by atoms with Crippen molar-refractivity contribution in [2.24, 2.45) is 0 Å². The first-order valence-electron chi connectivity index (χ1n) is 11.3. The number of fused-ring (bicyclic) bond motifs is 2. The second kappa shape index (κ2) is 8.01. The molecule has 0 spiro atoms. The van der Waals surface area contributed by atoms with Gasteiger partial charge in [0.05, 0.1) is 17.9 Å². The molecular weight excluding hydrogens is 392 g/mol. The standard InChI is InChI=1S/C28H34N4/c1-8-10-26-20(4)17-27-23(7)32-16-15-31(22(6)25(9-2)21(5)29)28(32,18-30(26)27)24-13-11-19(3)12-14-24/h8-14,17,29H,6-7,15-16,18H2,1-5H3/b10-8-,25-9+,29-21?. The zero-order valence-corrected chi connectivity index (χ0v) is 20.0. The summed E-state index contributed by atoms with van der Waals surface area (Å²) in [5.74, 6) is 0. The van der Waals surface area contributed by atoms with Crippen molar-refractivity contribution in [2.75, 3.05) is 13.1 Å². The van der Waals surface area contributed by atoms with E-state index in [4.69, 9.17) is 5.41 Å². The number of aromatic nitrogens is 1. The number of benzene rings is 1. The van der Waals surface area contributed by atoms with E-state index in [1.54, 1.807) is 0 Å². The molecule has 4 heteroatoms. The lowest BCUT2D eigenvalue weighted by Gasteiger charge is -2.51. The number of rotatable bonds is 5. The topological polar surface area (TPSA) is 35.3 Å². The second-order valence-corrected chi connectivity index (χ2v) is 8.89. The predicted molar refractivity (Wildman–Crippen MR) is 135 cm³/mol. The summed E-state index contributed by atoms with van der Waals surface area (Å²) in [5, 5.41) is 8.32. The van der Waals surface area contributed by atoms with Crippen LogP contribution in [0, 0.1) is 19.3 Å². The lowest BCUT2D eigenvalue weighted by atomic mass is 9.91. The smallest absolute Gasteiger partial charge is 0.158 e. The molecule has 1 saturated heterocycles. The van der Waals surface area contributed by atoms with Gasteiger partial charge in [-0.3, -0.25) is 0 Å². The summed E-state index contributed by atoms with van der Waals surface area (Å²) in [6, 6.07) is 11.1. The highest BCUT2D eigenvalue weighted by Crippen LogP contribution is 2.49. The normalized spacial score (nSPS) is 20.7. The largest absolute Gasteiger partial charge is 0.342 e. The Labute approximate surface area is 192 Å². The summed E-state index contributed by atoms with van der Waals surface area (Å²) in [5.41, 5.74) is 9.06. The molecule has 3 heterocycles. The molecule has 0 bridgehead atoms. The van der Waals surface area contributed by atoms with Crippen LogP contribution in [0.1, 0.15) is 48.8 Å². The van der Waals surface area contributed by atoms with Crippen LogP contribution in [0.15, 0.2) is 66.9 Å². The fourth-order valence-corrected chi connectivity index (χ4v) is 5.42. The van der Waals surface area contributed by atoms with Gasteiger partial charge in [0.1, 0.15) is 0 Å². The van der Waals surface area contributed by atoms with E-state index in [-0.39, 0.29) is 0 Å². The van der Waals surface area contributed by atoms with Crippen molar-refractivity contribution in [3.8, 4) is 0 Å². The molecular formula is C28H34N4. The third-order valence-electron chi connectivity index (χ3n) is 6.95. The molecule has 0 amide bonds. The molecule has 166 valence electrons. The van der Waals surface area contributed by atoms with Crippen molar-refractivity contribution in [1.82, 2.24) is 14.4 Å². The Hall–Kier alpha value is -3.27. The van der Waals surface area contributed by atoms with Gasteiger partial charge in [-0.1, -0.05) is 55.1 Å². The van der Waals surface area contributed by atoms with E-state index in [0.717, 1.165) is 36.6 Å². The molecule has 0 aliphatic carbocycles. The zero-order valence-electron chi connectivity index (χ0n) is 20.0. The molecule has 2 aliphatic rings. The van der Waals surface area contributed by atoms with Gasteiger partial charge in [-0.05, 0) is 57.9 Å². The molecule has 0 saturated carbocycles. The minimum Gasteiger partial charge on any atom is -0.342 e. The van der Waals surface area contributed by atoms with Crippen LogP contribution in [0.4, 0.5) is 0 Å². The van der Waals surface area contributed by atoms with E-state index < -0.39 is 5.66 Å². The number of allylic oxidation sites excluding steroid dienone is 3. The van der Waals surface area contributed by atoms with Crippen LogP contribution >= 0.6 is 0 Å². The predicted octanol–water partition coefficient (Wildman–Crippen LogP) is 6.09. The summed E-state index contributed by atoms with van der Waals surface area (Å²) in [4.78, 5) is 4.84. The molecule has 0 radical (unpaired) electrons. The molecule has 4 nitrogen and oxygen atoms in total. The number of aryl methyl sites for hydroxylation is 2. The molecule has 1 N–H and O–H groups in total. The van der Waals surface area contributed by atoms with Crippen LogP contribution in [0.3, 0.4) is 0 Å². The van der Waals surface area contributed by atoms with Gasteiger partial charge in [0, 0.05) is 35.8 Å². The highest BCUT2D eigenvalue weighted by atomic mass is 15.5. The van der Waals surface area contributed by atoms with Crippen LogP contribution in [0.2, 0.25) is 0 Å². The Bertz CT molecular complexity index is 1160. The fraction of sp³-hybridized carbons (Fsp3) is 0.321. The van der Waals surface area contributed by atoms with E-state index in [9.17, 15) is 0 Å². The maximum absolute atomic E-state index is 8.32. The number of hydrogen-bond acceptors (Lipinski definition) is 3. The van der Waals surface area contributed by atoms with E-state index in [1.165, 1.54) is 28.1 Å². The average Bonchev–Trinajstić information content (AvgIpc) is 3.29. The Morgan fingerprint density at radius 2 is 1.81 bits per heavy atom. The maximum Gasteiger partial charge on any atom is 0.158 e. The first-order chi connectivity index (χ1) is 15.3. The molecule has 1 atom stereocenters. The van der Waals surface area contributed by atoms with Gasteiger partial charge >= 0.3 is 0 Å². The number of hydrogen-bond donors (Lipinski definition) is 1. The Balaban J connectivity index is 1.97. The molecule has 1 unspecified atom stereocenters. The first kappa shape index (κ1) is 21.9. The third-order valence-corrected chi connectivity index (χ3v) is 6.95. The average molecular weight is 427 g/mol. The quantitative estimate of drug-likeness (QED) is 0.464. The van der Waals surface area contributed by atoms with Gasteiger partial charge in [-0.25, -0.2) is 0 Å². The van der Waals surface area contributed by atoms with E-state index >= 15 is 0 Å². The molecule has 2 aromatic rings. The van der Waals surface area contributed by atoms with Crippen molar-refractivity contribution >= 4 is 17.5 Å². The van der Waals surface area contributed by atoms with Crippen LogP contribution in [-0.2, 0) is 12.2 Å². The van der Waals surface area contributed by atoms with Crippen LogP contribution in [0.5, 0.6) is 0 Å². The summed E-state index contributed by atoms with van der Waals surface area (Å²) in [6.07, 6.45) is 6.30. The summed E-state index contributed by atoms with van der Waals surface area (Å²) in [6.45, 7) is 21.7. The molecule has 32 heavy (non-hydrogen) atoms. The van der Waals surface area contributed by atoms with Gasteiger partial charge in [0.2, 0.25) is 0 Å². The minimum absolute atomic E-state index is 0.444. The van der Waals surface area contributed by atoms with Crippen molar-refractivity contribution in [3.63, 3.8) is 0 Å². The fourth-order valence-electron chi connectivity index (χ4n) is 5.42. The molecule has 1 aromatic heterocycles. The summed E-state index contributed by atoms with van der Waals surface area (Å²) < 4.78 is 2.41. The summed E-state index contributed by atoms with van der Waals surface area (Å²) in [7, 11) is 0. The highest BCUT2D eigenvalue weighted by Gasteiger charge is 2.53. The van der Waals surface area contributed by atoms with Crippen molar-refractivity contribution in [2.45, 2.75) is 46.8 Å². The van der Waals surface area contributed by atoms with Gasteiger partial charge in [0.25, 0.3) is 0 Å². The Morgan fingerprint density at radius 1 is 1.12 bits per heavy atom. The first-order valence-corrected chi connectivity index (χ1v) is 11.3. The third kappa shape index (κ3) is 3.09. The minimum atomic E-state index is -0.444. The Morgan fingerprint density at radius 3 is 2.41 bits per heavy atom. The lowest BCUT2D eigenvalue weighted by Crippen LogP contribution is -2.55.